The molecule has 0 spiro atoms. The van der Waals surface area contributed by atoms with Crippen LogP contribution in [0.5, 0.6) is 11.8 Å². The number of aromatic nitrogens is 6. The smallest absolute Gasteiger partial charge is 0.416 e. The van der Waals surface area contributed by atoms with Crippen LogP contribution in [0.25, 0.3) is 22.5 Å². The molecular formula is C51H48Cl2F6N12O8. The quantitative estimate of drug-likeness (QED) is 0.0888. The van der Waals surface area contributed by atoms with Crippen molar-refractivity contribution < 1.29 is 65.1 Å². The van der Waals surface area contributed by atoms with Gasteiger partial charge in [0.15, 0.2) is 17.4 Å². The predicted octanol–water partition coefficient (Wildman–Crippen LogP) is 8.95. The maximum Gasteiger partial charge on any atom is 0.416 e. The molecule has 4 amide bonds. The SMILES string of the molecule is CC1(C)OC[C@H](COc2cc(NC(=O)N3c4nc(-c5cccc(C(F)(F)F)c5)c(Cl)cc4N4CC[C@H]3C4)ncn2)O1.O=C(Nc1cc(OC[C@H](O)CO)ncn1)N1c2nc(-c3cccc(C(F)(F)F)c3)c(Cl)cc2N2CC[C@H]1C2. The number of pyridine rings is 2. The van der Waals surface area contributed by atoms with Crippen LogP contribution in [0.4, 0.5) is 70.6 Å². The number of anilines is 6. The Morgan fingerprint density at radius 3 is 1.66 bits per heavy atom. The normalized spacial score (nSPS) is 19.3. The van der Waals surface area contributed by atoms with Crippen molar-refractivity contribution in [2.24, 2.45) is 0 Å². The van der Waals surface area contributed by atoms with E-state index in [-0.39, 0.29) is 93.2 Å². The van der Waals surface area contributed by atoms with Gasteiger partial charge in [0.25, 0.3) is 0 Å². The maximum atomic E-state index is 13.6. The molecule has 4 aromatic heterocycles. The third-order valence-electron chi connectivity index (χ3n) is 13.3. The van der Waals surface area contributed by atoms with Gasteiger partial charge < -0.3 is 39.0 Å². The van der Waals surface area contributed by atoms with Crippen molar-refractivity contribution in [2.45, 2.75) is 69.1 Å². The van der Waals surface area contributed by atoms with Gasteiger partial charge in [0.1, 0.15) is 49.7 Å². The largest absolute Gasteiger partial charge is 0.475 e. The number of rotatable bonds is 11. The van der Waals surface area contributed by atoms with E-state index in [0.717, 1.165) is 24.3 Å². The molecular weight excluding hydrogens is 1090 g/mol. The van der Waals surface area contributed by atoms with Gasteiger partial charge in [-0.2, -0.15) is 26.3 Å². The van der Waals surface area contributed by atoms with Crippen molar-refractivity contribution in [1.29, 1.82) is 0 Å². The number of aliphatic hydroxyl groups is 2. The van der Waals surface area contributed by atoms with Gasteiger partial charge in [-0.05, 0) is 63.1 Å². The molecule has 0 radical (unpaired) electrons. The number of amides is 4. The van der Waals surface area contributed by atoms with E-state index >= 15 is 0 Å². The Labute approximate surface area is 456 Å². The number of carbonyl (C=O) groups is 2. The number of nitrogens with zero attached hydrogens (tertiary/aromatic N) is 10. The summed E-state index contributed by atoms with van der Waals surface area (Å²) in [7, 11) is 0. The highest BCUT2D eigenvalue weighted by atomic mass is 35.5. The van der Waals surface area contributed by atoms with Crippen LogP contribution in [0.1, 0.15) is 37.8 Å². The van der Waals surface area contributed by atoms with Crippen LogP contribution >= 0.6 is 23.2 Å². The van der Waals surface area contributed by atoms with Crippen LogP contribution in [0, 0.1) is 0 Å². The van der Waals surface area contributed by atoms with Gasteiger partial charge in [0.05, 0.1) is 69.2 Å². The van der Waals surface area contributed by atoms with E-state index in [1.165, 1.54) is 58.9 Å². The van der Waals surface area contributed by atoms with Crippen LogP contribution in [-0.2, 0) is 21.8 Å². The molecule has 4 bridgehead atoms. The summed E-state index contributed by atoms with van der Waals surface area (Å²) in [5.74, 6) is 0.533. The summed E-state index contributed by atoms with van der Waals surface area (Å²) in [4.78, 5) is 59.6. The summed E-state index contributed by atoms with van der Waals surface area (Å²) in [6, 6.07) is 14.1. The summed E-state index contributed by atoms with van der Waals surface area (Å²) in [6.45, 7) is 5.97. The molecule has 5 aliphatic rings. The average Bonchev–Trinajstić information content (AvgIpc) is 4.33. The van der Waals surface area contributed by atoms with E-state index in [4.69, 9.17) is 47.3 Å². The van der Waals surface area contributed by atoms with Crippen molar-refractivity contribution in [3.8, 4) is 34.3 Å². The highest BCUT2D eigenvalue weighted by molar-refractivity contribution is 6.34. The molecule has 9 heterocycles. The van der Waals surface area contributed by atoms with Crippen molar-refractivity contribution in [3.05, 3.63) is 107 Å². The molecule has 4 atom stereocenters. The predicted molar refractivity (Wildman–Crippen MR) is 277 cm³/mol. The first-order valence-corrected chi connectivity index (χ1v) is 25.3. The fraction of sp³-hybridized carbons (Fsp3) is 0.373. The van der Waals surface area contributed by atoms with E-state index in [9.17, 15) is 41.0 Å². The molecule has 416 valence electrons. The summed E-state index contributed by atoms with van der Waals surface area (Å²) in [5.41, 5.74) is 0.205. The molecule has 3 saturated heterocycles. The number of fused-ring (bicyclic) bond motifs is 8. The van der Waals surface area contributed by atoms with E-state index in [0.29, 0.717) is 62.8 Å². The molecule has 0 unspecified atom stereocenters. The Bertz CT molecular complexity index is 3280. The van der Waals surface area contributed by atoms with E-state index in [1.807, 2.05) is 18.7 Å². The lowest BCUT2D eigenvalue weighted by molar-refractivity contribution is -0.141. The Balaban J connectivity index is 0.000000179. The lowest BCUT2D eigenvalue weighted by Gasteiger charge is -2.36. The number of nitrogens with one attached hydrogen (secondary N) is 2. The second kappa shape index (κ2) is 22.1. The summed E-state index contributed by atoms with van der Waals surface area (Å²) in [6.07, 6.45) is -6.66. The zero-order valence-electron chi connectivity index (χ0n) is 41.8. The molecule has 6 aromatic rings. The molecule has 79 heavy (non-hydrogen) atoms. The average molecular weight is 1140 g/mol. The van der Waals surface area contributed by atoms with E-state index in [1.54, 1.807) is 12.1 Å². The maximum absolute atomic E-state index is 13.6. The van der Waals surface area contributed by atoms with Gasteiger partial charge in [-0.3, -0.25) is 20.4 Å². The number of carbonyl (C=O) groups excluding carboxylic acids is 2. The molecule has 0 aliphatic carbocycles. The first-order chi connectivity index (χ1) is 37.6. The van der Waals surface area contributed by atoms with E-state index < -0.39 is 54.0 Å². The fourth-order valence-corrected chi connectivity index (χ4v) is 10.1. The first-order valence-electron chi connectivity index (χ1n) is 24.6. The molecule has 0 saturated carbocycles. The lowest BCUT2D eigenvalue weighted by atomic mass is 10.1. The molecule has 11 rings (SSSR count). The monoisotopic (exact) mass is 1140 g/mol. The van der Waals surface area contributed by atoms with Gasteiger partial charge in [0, 0.05) is 49.4 Å². The standard InChI is InChI=1S/C27H26ClF3N6O4.C24H22ClF3N6O4/c1-26(2)40-13-18(41-26)12-39-22-10-21(32-14-33-22)34-25(38)37-17-6-7-36(11-17)20-9-19(28)23(35-24(20)37)15-4-3-5-16(8-15)27(29,30)31;25-17-7-18-22(32-21(17)13-2-1-3-14(6-13)24(26,27)28)34(15-4-5-33(18)9-15)23(37)31-19-8-20(30-12-29-19)38-11-16(36)10-35/h3-5,8-10,14,17-18H,6-7,11-13H2,1-2H3,(H,32,33,34,38);1-3,6-8,12,15-16,35-36H,4-5,9-11H2,(H,29,30,31,37)/t17-,18-;15-,16+/m00/s1. The van der Waals surface area contributed by atoms with Crippen LogP contribution < -0.4 is 39.7 Å². The minimum atomic E-state index is -4.54. The number of aliphatic hydroxyl groups excluding tert-OH is 2. The molecule has 5 aliphatic heterocycles. The van der Waals surface area contributed by atoms with Gasteiger partial charge >= 0.3 is 24.4 Å². The van der Waals surface area contributed by atoms with Crippen LogP contribution in [0.2, 0.25) is 10.0 Å². The van der Waals surface area contributed by atoms with Crippen molar-refractivity contribution >= 4 is 69.9 Å². The highest BCUT2D eigenvalue weighted by Gasteiger charge is 2.43. The number of hydrogen-bond acceptors (Lipinski definition) is 16. The minimum Gasteiger partial charge on any atom is -0.475 e. The number of benzene rings is 2. The second-order valence-corrected chi connectivity index (χ2v) is 20.1. The van der Waals surface area contributed by atoms with Gasteiger partial charge in [-0.1, -0.05) is 47.5 Å². The van der Waals surface area contributed by atoms with Gasteiger partial charge in [-0.15, -0.1) is 0 Å². The number of hydrogen-bond donors (Lipinski definition) is 4. The lowest BCUT2D eigenvalue weighted by Crippen LogP contribution is -2.48. The topological polar surface area (TPSA) is 226 Å². The third-order valence-corrected chi connectivity index (χ3v) is 13.9. The summed E-state index contributed by atoms with van der Waals surface area (Å²) < 4.78 is 102. The zero-order chi connectivity index (χ0) is 56.0. The van der Waals surface area contributed by atoms with Crippen LogP contribution in [0.15, 0.2) is 85.5 Å². The molecule has 20 nitrogen and oxygen atoms in total. The van der Waals surface area contributed by atoms with Crippen LogP contribution in [-0.4, -0.2) is 135 Å². The highest BCUT2D eigenvalue weighted by Crippen LogP contribution is 2.46. The molecule has 4 N–H and O–H groups in total. The van der Waals surface area contributed by atoms with Crippen molar-refractivity contribution in [2.75, 3.05) is 82.8 Å². The zero-order valence-corrected chi connectivity index (χ0v) is 43.3. The van der Waals surface area contributed by atoms with Gasteiger partial charge in [0.2, 0.25) is 11.8 Å². The van der Waals surface area contributed by atoms with E-state index in [2.05, 4.69) is 45.4 Å². The van der Waals surface area contributed by atoms with Crippen molar-refractivity contribution in [1.82, 2.24) is 29.9 Å². The summed E-state index contributed by atoms with van der Waals surface area (Å²) in [5, 5.41) is 24.2. The molecule has 2 aromatic carbocycles. The second-order valence-electron chi connectivity index (χ2n) is 19.2. The Morgan fingerprint density at radius 1 is 0.734 bits per heavy atom. The summed E-state index contributed by atoms with van der Waals surface area (Å²) >= 11 is 13.0. The number of urea groups is 2. The Morgan fingerprint density at radius 2 is 1.22 bits per heavy atom. The number of ether oxygens (including phenoxy) is 4. The fourth-order valence-electron chi connectivity index (χ4n) is 9.63. The van der Waals surface area contributed by atoms with Gasteiger partial charge in [-0.25, -0.2) is 39.5 Å². The molecule has 3 fully saturated rings. The first kappa shape index (κ1) is 55.0. The number of halogens is 8. The number of alkyl halides is 6. The minimum absolute atomic E-state index is 0.0747. The third kappa shape index (κ3) is 12.1. The Hall–Kier alpha value is -7.36. The van der Waals surface area contributed by atoms with Crippen molar-refractivity contribution in [3.63, 3.8) is 0 Å². The van der Waals surface area contributed by atoms with Crippen LogP contribution in [0.3, 0.4) is 0 Å². The Kier molecular flexibility index (Phi) is 15.3. The molecule has 28 heteroatoms.